The van der Waals surface area contributed by atoms with Crippen LogP contribution in [0.1, 0.15) is 11.1 Å². The lowest BCUT2D eigenvalue weighted by Crippen LogP contribution is -2.45. The molecule has 0 aliphatic heterocycles. The number of nitrogens with one attached hydrogen (secondary N) is 2. The molecule has 0 saturated heterocycles. The molecule has 0 aliphatic carbocycles. The van der Waals surface area contributed by atoms with Crippen molar-refractivity contribution in [1.82, 2.24) is 4.72 Å². The van der Waals surface area contributed by atoms with Gasteiger partial charge in [-0.15, -0.1) is 0 Å². The van der Waals surface area contributed by atoms with Gasteiger partial charge in [-0.25, -0.2) is 21.6 Å². The molecule has 1 atom stereocenters. The third-order valence-electron chi connectivity index (χ3n) is 4.80. The molecule has 2 N–H and O–H groups in total. The standard InChI is InChI=1S/C23H21F3N2O4S/c1-14-8-11-19(32-2)20(12-14)33(30,31)28-18(13-15-6-4-3-5-7-15)23(29)27-17-10-9-16(24)21(25)22(17)26/h3-12,18,28H,13H2,1-2H3,(H,27,29). The number of benzene rings is 3. The summed E-state index contributed by atoms with van der Waals surface area (Å²) >= 11 is 0. The third-order valence-corrected chi connectivity index (χ3v) is 6.29. The average Bonchev–Trinajstić information content (AvgIpc) is 2.79. The fraction of sp³-hybridized carbons (Fsp3) is 0.174. The van der Waals surface area contributed by atoms with Crippen LogP contribution in [0.5, 0.6) is 5.75 Å². The molecule has 0 radical (unpaired) electrons. The van der Waals surface area contributed by atoms with Gasteiger partial charge in [-0.2, -0.15) is 4.72 Å². The first kappa shape index (κ1) is 24.3. The van der Waals surface area contributed by atoms with E-state index in [1.165, 1.54) is 19.2 Å². The summed E-state index contributed by atoms with van der Waals surface area (Å²) in [6, 6.07) is 13.1. The first-order valence-electron chi connectivity index (χ1n) is 9.77. The maximum atomic E-state index is 14.1. The second-order valence-electron chi connectivity index (χ2n) is 7.23. The topological polar surface area (TPSA) is 84.5 Å². The van der Waals surface area contributed by atoms with Crippen molar-refractivity contribution in [3.05, 3.63) is 89.2 Å². The largest absolute Gasteiger partial charge is 0.495 e. The Morgan fingerprint density at radius 2 is 1.70 bits per heavy atom. The molecule has 0 aliphatic rings. The smallest absolute Gasteiger partial charge is 0.245 e. The number of rotatable bonds is 8. The molecule has 0 fully saturated rings. The summed E-state index contributed by atoms with van der Waals surface area (Å²) in [6.45, 7) is 1.69. The highest BCUT2D eigenvalue weighted by molar-refractivity contribution is 7.89. The molecule has 33 heavy (non-hydrogen) atoms. The normalized spacial score (nSPS) is 12.3. The van der Waals surface area contributed by atoms with E-state index in [-0.39, 0.29) is 17.1 Å². The van der Waals surface area contributed by atoms with E-state index in [1.54, 1.807) is 43.3 Å². The van der Waals surface area contributed by atoms with Gasteiger partial charge < -0.3 is 10.1 Å². The van der Waals surface area contributed by atoms with Gasteiger partial charge in [-0.05, 0) is 48.7 Å². The van der Waals surface area contributed by atoms with Crippen LogP contribution in [0.2, 0.25) is 0 Å². The number of carbonyl (C=O) groups is 1. The van der Waals surface area contributed by atoms with E-state index in [1.807, 2.05) is 0 Å². The fourth-order valence-corrected chi connectivity index (χ4v) is 4.57. The predicted molar refractivity (Wildman–Crippen MR) is 117 cm³/mol. The van der Waals surface area contributed by atoms with Crippen LogP contribution in [0.25, 0.3) is 0 Å². The average molecular weight is 478 g/mol. The van der Waals surface area contributed by atoms with Gasteiger partial charge in [0.15, 0.2) is 17.5 Å². The van der Waals surface area contributed by atoms with Gasteiger partial charge >= 0.3 is 0 Å². The van der Waals surface area contributed by atoms with E-state index in [9.17, 15) is 26.4 Å². The van der Waals surface area contributed by atoms with Gasteiger partial charge in [-0.3, -0.25) is 4.79 Å². The lowest BCUT2D eigenvalue weighted by Gasteiger charge is -2.20. The number of sulfonamides is 1. The number of anilines is 1. The minimum Gasteiger partial charge on any atom is -0.495 e. The first-order chi connectivity index (χ1) is 15.6. The number of amides is 1. The zero-order valence-electron chi connectivity index (χ0n) is 17.7. The summed E-state index contributed by atoms with van der Waals surface area (Å²) < 4.78 is 74.6. The lowest BCUT2D eigenvalue weighted by molar-refractivity contribution is -0.117. The molecule has 174 valence electrons. The van der Waals surface area contributed by atoms with Crippen LogP contribution in [-0.4, -0.2) is 27.5 Å². The van der Waals surface area contributed by atoms with Crippen molar-refractivity contribution in [2.24, 2.45) is 0 Å². The molecule has 3 aromatic carbocycles. The summed E-state index contributed by atoms with van der Waals surface area (Å²) in [4.78, 5) is 12.8. The Balaban J connectivity index is 1.95. The summed E-state index contributed by atoms with van der Waals surface area (Å²) in [7, 11) is -2.96. The zero-order chi connectivity index (χ0) is 24.2. The molecule has 0 heterocycles. The highest BCUT2D eigenvalue weighted by atomic mass is 32.2. The van der Waals surface area contributed by atoms with E-state index >= 15 is 0 Å². The molecular formula is C23H21F3N2O4S. The highest BCUT2D eigenvalue weighted by Crippen LogP contribution is 2.25. The molecule has 6 nitrogen and oxygen atoms in total. The molecule has 0 aromatic heterocycles. The Morgan fingerprint density at radius 1 is 1.00 bits per heavy atom. The molecule has 0 spiro atoms. The van der Waals surface area contributed by atoms with Crippen LogP contribution >= 0.6 is 0 Å². The molecule has 10 heteroatoms. The summed E-state index contributed by atoms with van der Waals surface area (Å²) in [5.74, 6) is -5.65. The second-order valence-corrected chi connectivity index (χ2v) is 8.91. The van der Waals surface area contributed by atoms with Gasteiger partial charge in [0.25, 0.3) is 0 Å². The Kier molecular flexibility index (Phi) is 7.39. The van der Waals surface area contributed by atoms with Gasteiger partial charge in [0.1, 0.15) is 16.7 Å². The fourth-order valence-electron chi connectivity index (χ4n) is 3.12. The van der Waals surface area contributed by atoms with E-state index in [2.05, 4.69) is 10.0 Å². The number of ether oxygens (including phenoxy) is 1. The Morgan fingerprint density at radius 3 is 2.36 bits per heavy atom. The number of carbonyl (C=O) groups excluding carboxylic acids is 1. The highest BCUT2D eigenvalue weighted by Gasteiger charge is 2.29. The molecule has 1 amide bonds. The van der Waals surface area contributed by atoms with Gasteiger partial charge in [0.2, 0.25) is 15.9 Å². The van der Waals surface area contributed by atoms with E-state index in [0.717, 1.165) is 6.07 Å². The Hall–Kier alpha value is -3.37. The van der Waals surface area contributed by atoms with Gasteiger partial charge in [0.05, 0.1) is 12.8 Å². The van der Waals surface area contributed by atoms with Crippen LogP contribution in [0, 0.1) is 24.4 Å². The van der Waals surface area contributed by atoms with Crippen LogP contribution < -0.4 is 14.8 Å². The van der Waals surface area contributed by atoms with E-state index < -0.39 is 45.1 Å². The number of aryl methyl sites for hydroxylation is 1. The molecule has 0 bridgehead atoms. The molecule has 3 rings (SSSR count). The molecule has 3 aromatic rings. The van der Waals surface area contributed by atoms with Crippen molar-refractivity contribution < 1.29 is 31.1 Å². The monoisotopic (exact) mass is 478 g/mol. The van der Waals surface area contributed by atoms with Crippen molar-refractivity contribution in [3.8, 4) is 5.75 Å². The quantitative estimate of drug-likeness (QED) is 0.481. The molecule has 1 unspecified atom stereocenters. The van der Waals surface area contributed by atoms with Crippen molar-refractivity contribution >= 4 is 21.6 Å². The third kappa shape index (κ3) is 5.71. The van der Waals surface area contributed by atoms with Crippen molar-refractivity contribution in [2.75, 3.05) is 12.4 Å². The number of hydrogen-bond donors (Lipinski definition) is 2. The first-order valence-corrected chi connectivity index (χ1v) is 11.3. The number of methoxy groups -OCH3 is 1. The van der Waals surface area contributed by atoms with Crippen molar-refractivity contribution in [2.45, 2.75) is 24.3 Å². The summed E-state index contributed by atoms with van der Waals surface area (Å²) in [5.41, 5.74) is 0.635. The van der Waals surface area contributed by atoms with Crippen LogP contribution in [0.3, 0.4) is 0 Å². The van der Waals surface area contributed by atoms with Crippen LogP contribution in [0.4, 0.5) is 18.9 Å². The summed E-state index contributed by atoms with van der Waals surface area (Å²) in [6.07, 6.45) is -0.0919. The van der Waals surface area contributed by atoms with E-state index in [0.29, 0.717) is 17.2 Å². The van der Waals surface area contributed by atoms with Gasteiger partial charge in [0, 0.05) is 0 Å². The second kappa shape index (κ2) is 10.1. The van der Waals surface area contributed by atoms with Crippen LogP contribution in [-0.2, 0) is 21.2 Å². The maximum Gasteiger partial charge on any atom is 0.245 e. The lowest BCUT2D eigenvalue weighted by atomic mass is 10.1. The predicted octanol–water partition coefficient (Wildman–Crippen LogP) is 3.95. The molecule has 0 saturated carbocycles. The Labute approximate surface area is 189 Å². The number of halogens is 3. The van der Waals surface area contributed by atoms with Crippen molar-refractivity contribution in [3.63, 3.8) is 0 Å². The van der Waals surface area contributed by atoms with Crippen LogP contribution in [0.15, 0.2) is 65.6 Å². The van der Waals surface area contributed by atoms with Gasteiger partial charge in [-0.1, -0.05) is 36.4 Å². The maximum absolute atomic E-state index is 14.1. The number of hydrogen-bond acceptors (Lipinski definition) is 4. The molecular weight excluding hydrogens is 457 g/mol. The van der Waals surface area contributed by atoms with E-state index in [4.69, 9.17) is 4.74 Å². The Bertz CT molecular complexity index is 1270. The van der Waals surface area contributed by atoms with Crippen molar-refractivity contribution in [1.29, 1.82) is 0 Å². The zero-order valence-corrected chi connectivity index (χ0v) is 18.5. The summed E-state index contributed by atoms with van der Waals surface area (Å²) in [5, 5.41) is 2.13. The SMILES string of the molecule is COc1ccc(C)cc1S(=O)(=O)NC(Cc1ccccc1)C(=O)Nc1ccc(F)c(F)c1F. The minimum absolute atomic E-state index is 0.0682. The minimum atomic E-state index is -4.27.